The molecule has 1 aromatic carbocycles. The molecule has 0 fully saturated rings. The van der Waals surface area contributed by atoms with Gasteiger partial charge in [-0.1, -0.05) is 22.0 Å². The van der Waals surface area contributed by atoms with Gasteiger partial charge in [-0.2, -0.15) is 0 Å². The molecule has 2 rings (SSSR count). The predicted molar refractivity (Wildman–Crippen MR) is 61.3 cm³/mol. The van der Waals surface area contributed by atoms with Gasteiger partial charge in [-0.15, -0.1) is 0 Å². The number of alkyl halides is 1. The second-order valence-electron chi connectivity index (χ2n) is 3.24. The third kappa shape index (κ3) is 2.13. The van der Waals surface area contributed by atoms with E-state index in [1.54, 1.807) is 0 Å². The maximum absolute atomic E-state index is 11.1. The minimum absolute atomic E-state index is 0.0710. The van der Waals surface area contributed by atoms with Crippen molar-refractivity contribution in [3.8, 4) is 5.75 Å². The Labute approximate surface area is 96.1 Å². The van der Waals surface area contributed by atoms with Gasteiger partial charge >= 0.3 is 0 Å². The van der Waals surface area contributed by atoms with Gasteiger partial charge in [0.25, 0.3) is 5.91 Å². The molecule has 1 atom stereocenters. The summed E-state index contributed by atoms with van der Waals surface area (Å²) in [4.78, 5) is 11.2. The first kappa shape index (κ1) is 10.4. The molecule has 0 aromatic heterocycles. The van der Waals surface area contributed by atoms with Crippen molar-refractivity contribution >= 4 is 27.5 Å². The van der Waals surface area contributed by atoms with Crippen LogP contribution in [-0.4, -0.2) is 19.6 Å². The van der Waals surface area contributed by atoms with Gasteiger partial charge in [-0.25, -0.2) is 0 Å². The molecule has 0 saturated carbocycles. The van der Waals surface area contributed by atoms with E-state index in [-0.39, 0.29) is 17.5 Å². The van der Waals surface area contributed by atoms with Crippen LogP contribution in [0.5, 0.6) is 5.75 Å². The van der Waals surface area contributed by atoms with E-state index in [0.29, 0.717) is 5.75 Å². The second kappa shape index (κ2) is 4.20. The van der Waals surface area contributed by atoms with Gasteiger partial charge in [0.05, 0.1) is 10.6 Å². The first-order valence-corrected chi connectivity index (χ1v) is 5.50. The number of hydrogen-bond acceptors (Lipinski definition) is 3. The van der Waals surface area contributed by atoms with Gasteiger partial charge in [-0.05, 0) is 24.7 Å². The van der Waals surface area contributed by atoms with Crippen molar-refractivity contribution < 1.29 is 9.53 Å². The molecule has 0 spiro atoms. The van der Waals surface area contributed by atoms with Crippen molar-refractivity contribution in [3.63, 3.8) is 0 Å². The summed E-state index contributed by atoms with van der Waals surface area (Å²) in [6.07, 6.45) is 0. The van der Waals surface area contributed by atoms with Gasteiger partial charge in [0.15, 0.2) is 6.61 Å². The standard InChI is InChI=1S/C10H11BrN2O2/c1-12-10(11)6-2-3-8-7(4-6)13-9(14)5-15-8/h2-4,10,12H,5H2,1H3,(H,13,14). The third-order valence-corrected chi connectivity index (χ3v) is 3.17. The fourth-order valence-corrected chi connectivity index (χ4v) is 1.71. The quantitative estimate of drug-likeness (QED) is 0.635. The lowest BCUT2D eigenvalue weighted by atomic mass is 10.1. The average molecular weight is 271 g/mol. The highest BCUT2D eigenvalue weighted by Gasteiger charge is 2.17. The molecule has 1 heterocycles. The Balaban J connectivity index is 2.32. The van der Waals surface area contributed by atoms with Crippen LogP contribution in [0.1, 0.15) is 10.5 Å². The fourth-order valence-electron chi connectivity index (χ4n) is 1.43. The molecule has 15 heavy (non-hydrogen) atoms. The summed E-state index contributed by atoms with van der Waals surface area (Å²) in [7, 11) is 1.86. The minimum atomic E-state index is -0.116. The molecular weight excluding hydrogens is 260 g/mol. The number of fused-ring (bicyclic) bond motifs is 1. The molecule has 4 nitrogen and oxygen atoms in total. The fraction of sp³-hybridized carbons (Fsp3) is 0.300. The number of halogens is 1. The largest absolute Gasteiger partial charge is 0.482 e. The SMILES string of the molecule is CNC(Br)c1ccc2c(c1)NC(=O)CO2. The Morgan fingerprint density at radius 1 is 1.60 bits per heavy atom. The zero-order valence-electron chi connectivity index (χ0n) is 8.21. The molecule has 1 aliphatic rings. The van der Waals surface area contributed by atoms with E-state index < -0.39 is 0 Å². The van der Waals surface area contributed by atoms with E-state index in [2.05, 4.69) is 26.6 Å². The van der Waals surface area contributed by atoms with Crippen LogP contribution >= 0.6 is 15.9 Å². The zero-order chi connectivity index (χ0) is 10.8. The van der Waals surface area contributed by atoms with Gasteiger partial charge in [-0.3, -0.25) is 4.79 Å². The van der Waals surface area contributed by atoms with Crippen LogP contribution in [0.2, 0.25) is 0 Å². The van der Waals surface area contributed by atoms with E-state index in [1.807, 2.05) is 25.2 Å². The molecule has 1 aromatic rings. The average Bonchev–Trinajstić information content (AvgIpc) is 2.27. The summed E-state index contributed by atoms with van der Waals surface area (Å²) in [5.74, 6) is 0.601. The van der Waals surface area contributed by atoms with Crippen LogP contribution in [0.25, 0.3) is 0 Å². The number of nitrogens with one attached hydrogen (secondary N) is 2. The van der Waals surface area contributed by atoms with Crippen LogP contribution in [0, 0.1) is 0 Å². The van der Waals surface area contributed by atoms with Crippen LogP contribution in [-0.2, 0) is 4.79 Å². The highest BCUT2D eigenvalue weighted by atomic mass is 79.9. The number of ether oxygens (including phenoxy) is 1. The van der Waals surface area contributed by atoms with E-state index in [9.17, 15) is 4.79 Å². The maximum atomic E-state index is 11.1. The molecule has 1 amide bonds. The number of rotatable bonds is 2. The molecule has 1 aliphatic heterocycles. The molecular formula is C10H11BrN2O2. The van der Waals surface area contributed by atoms with E-state index in [1.165, 1.54) is 0 Å². The summed E-state index contributed by atoms with van der Waals surface area (Å²) in [5.41, 5.74) is 1.77. The Kier molecular flexibility index (Phi) is 2.93. The predicted octanol–water partition coefficient (Wildman–Crippen LogP) is 1.63. The zero-order valence-corrected chi connectivity index (χ0v) is 9.80. The van der Waals surface area contributed by atoms with Crippen molar-refractivity contribution in [2.24, 2.45) is 0 Å². The molecule has 5 heteroatoms. The minimum Gasteiger partial charge on any atom is -0.482 e. The van der Waals surface area contributed by atoms with Crippen molar-refractivity contribution in [3.05, 3.63) is 23.8 Å². The topological polar surface area (TPSA) is 50.4 Å². The smallest absolute Gasteiger partial charge is 0.262 e. The first-order valence-electron chi connectivity index (χ1n) is 4.58. The number of amides is 1. The summed E-state index contributed by atoms with van der Waals surface area (Å²) < 4.78 is 5.26. The summed E-state index contributed by atoms with van der Waals surface area (Å²) in [6, 6.07) is 5.70. The van der Waals surface area contributed by atoms with Crippen molar-refractivity contribution in [1.82, 2.24) is 5.32 Å². The first-order chi connectivity index (χ1) is 7.20. The molecule has 0 saturated heterocycles. The molecule has 0 bridgehead atoms. The Hall–Kier alpha value is -1.07. The van der Waals surface area contributed by atoms with E-state index >= 15 is 0 Å². The summed E-state index contributed by atoms with van der Waals surface area (Å²) in [6.45, 7) is 0.0934. The Morgan fingerprint density at radius 2 is 2.40 bits per heavy atom. The van der Waals surface area contributed by atoms with Crippen LogP contribution in [0.15, 0.2) is 18.2 Å². The third-order valence-electron chi connectivity index (χ3n) is 2.18. The van der Waals surface area contributed by atoms with Crippen LogP contribution in [0.3, 0.4) is 0 Å². The number of carbonyl (C=O) groups is 1. The maximum Gasteiger partial charge on any atom is 0.262 e. The van der Waals surface area contributed by atoms with E-state index in [4.69, 9.17) is 4.74 Å². The monoisotopic (exact) mass is 270 g/mol. The number of anilines is 1. The number of benzene rings is 1. The lowest BCUT2D eigenvalue weighted by molar-refractivity contribution is -0.118. The molecule has 80 valence electrons. The lowest BCUT2D eigenvalue weighted by Crippen LogP contribution is -2.25. The lowest BCUT2D eigenvalue weighted by Gasteiger charge is -2.19. The van der Waals surface area contributed by atoms with Crippen molar-refractivity contribution in [2.45, 2.75) is 4.95 Å². The van der Waals surface area contributed by atoms with E-state index in [0.717, 1.165) is 11.3 Å². The van der Waals surface area contributed by atoms with Gasteiger partial charge in [0.1, 0.15) is 5.75 Å². The second-order valence-corrected chi connectivity index (χ2v) is 4.16. The summed E-state index contributed by atoms with van der Waals surface area (Å²) in [5, 5.41) is 5.83. The van der Waals surface area contributed by atoms with Crippen molar-refractivity contribution in [2.75, 3.05) is 19.0 Å². The normalized spacial score (nSPS) is 16.3. The molecule has 0 aliphatic carbocycles. The Bertz CT molecular complexity index is 395. The highest BCUT2D eigenvalue weighted by Crippen LogP contribution is 2.31. The number of carbonyl (C=O) groups excluding carboxylic acids is 1. The van der Waals surface area contributed by atoms with Crippen LogP contribution < -0.4 is 15.4 Å². The van der Waals surface area contributed by atoms with Gasteiger partial charge in [0, 0.05) is 0 Å². The highest BCUT2D eigenvalue weighted by molar-refractivity contribution is 9.09. The molecule has 1 unspecified atom stereocenters. The molecule has 2 N–H and O–H groups in total. The Morgan fingerprint density at radius 3 is 3.13 bits per heavy atom. The van der Waals surface area contributed by atoms with Gasteiger partial charge < -0.3 is 15.4 Å². The summed E-state index contributed by atoms with van der Waals surface area (Å²) >= 11 is 3.46. The van der Waals surface area contributed by atoms with Crippen LogP contribution in [0.4, 0.5) is 5.69 Å². The van der Waals surface area contributed by atoms with Crippen molar-refractivity contribution in [1.29, 1.82) is 0 Å². The molecule has 0 radical (unpaired) electrons. The van der Waals surface area contributed by atoms with Gasteiger partial charge in [0.2, 0.25) is 0 Å². The number of hydrogen-bond donors (Lipinski definition) is 2.